The van der Waals surface area contributed by atoms with E-state index in [-0.39, 0.29) is 11.2 Å². The highest BCUT2D eigenvalue weighted by Gasteiger charge is 2.14. The quantitative estimate of drug-likeness (QED) is 0.747. The second kappa shape index (κ2) is 7.12. The molecule has 88 valence electrons. The average Bonchev–Trinajstić information content (AvgIpc) is 2.29. The van der Waals surface area contributed by atoms with E-state index < -0.39 is 0 Å². The molecule has 0 aromatic carbocycles. The Morgan fingerprint density at radius 3 is 3.07 bits per heavy atom. The van der Waals surface area contributed by atoms with E-state index in [2.05, 4.69) is 10.6 Å². The van der Waals surface area contributed by atoms with Crippen molar-refractivity contribution >= 4 is 17.7 Å². The first-order valence-electron chi connectivity index (χ1n) is 5.75. The summed E-state index contributed by atoms with van der Waals surface area (Å²) in [6, 6.07) is 0. The highest BCUT2D eigenvalue weighted by atomic mass is 32.2. The van der Waals surface area contributed by atoms with Crippen LogP contribution in [0.2, 0.25) is 0 Å². The molecule has 0 saturated carbocycles. The smallest absolute Gasteiger partial charge is 0.232 e. The summed E-state index contributed by atoms with van der Waals surface area (Å²) in [4.78, 5) is 11.5. The van der Waals surface area contributed by atoms with Crippen molar-refractivity contribution in [2.45, 2.75) is 31.4 Å². The van der Waals surface area contributed by atoms with Gasteiger partial charge < -0.3 is 10.6 Å². The number of hydrogen-bond acceptors (Lipinski definition) is 3. The summed E-state index contributed by atoms with van der Waals surface area (Å²) in [6.45, 7) is 5.05. The van der Waals surface area contributed by atoms with Gasteiger partial charge in [0.1, 0.15) is 0 Å². The highest BCUT2D eigenvalue weighted by molar-refractivity contribution is 7.99. The van der Waals surface area contributed by atoms with Crippen LogP contribution in [0.25, 0.3) is 0 Å². The van der Waals surface area contributed by atoms with Gasteiger partial charge in [-0.1, -0.05) is 0 Å². The molecule has 0 bridgehead atoms. The van der Waals surface area contributed by atoms with Gasteiger partial charge in [0.2, 0.25) is 5.91 Å². The van der Waals surface area contributed by atoms with Gasteiger partial charge >= 0.3 is 0 Å². The molecule has 0 aliphatic carbocycles. The lowest BCUT2D eigenvalue weighted by molar-refractivity contribution is -0.120. The molecule has 0 aromatic heterocycles. The van der Waals surface area contributed by atoms with Crippen molar-refractivity contribution in [3.63, 3.8) is 0 Å². The van der Waals surface area contributed by atoms with E-state index in [1.807, 2.05) is 13.2 Å². The number of carbonyl (C=O) groups is 1. The number of hydrogen-bond donors (Lipinski definition) is 2. The van der Waals surface area contributed by atoms with Crippen LogP contribution in [-0.4, -0.2) is 37.0 Å². The summed E-state index contributed by atoms with van der Waals surface area (Å²) in [7, 11) is 0. The van der Waals surface area contributed by atoms with Crippen LogP contribution in [0.4, 0.5) is 0 Å². The number of amides is 1. The Hall–Kier alpha value is -0.220. The Labute approximate surface area is 96.8 Å². The molecule has 3 nitrogen and oxygen atoms in total. The third-order valence-corrected chi connectivity index (χ3v) is 3.89. The number of carbonyl (C=O) groups excluding carboxylic acids is 1. The Balaban J connectivity index is 2.07. The van der Waals surface area contributed by atoms with E-state index in [1.54, 1.807) is 11.8 Å². The fraction of sp³-hybridized carbons (Fsp3) is 0.909. The summed E-state index contributed by atoms with van der Waals surface area (Å²) in [5, 5.41) is 6.46. The second-order valence-electron chi connectivity index (χ2n) is 4.17. The van der Waals surface area contributed by atoms with E-state index in [1.165, 1.54) is 12.8 Å². The topological polar surface area (TPSA) is 41.1 Å². The van der Waals surface area contributed by atoms with Gasteiger partial charge in [-0.2, -0.15) is 11.8 Å². The molecule has 0 aromatic rings. The van der Waals surface area contributed by atoms with Gasteiger partial charge in [0, 0.05) is 6.54 Å². The molecule has 0 spiro atoms. The van der Waals surface area contributed by atoms with Gasteiger partial charge in [-0.25, -0.2) is 0 Å². The predicted octanol–water partition coefficient (Wildman–Crippen LogP) is 1.24. The van der Waals surface area contributed by atoms with Gasteiger partial charge in [-0.05, 0) is 51.4 Å². The van der Waals surface area contributed by atoms with E-state index in [4.69, 9.17) is 0 Å². The molecule has 1 heterocycles. The first-order valence-corrected chi connectivity index (χ1v) is 7.04. The largest absolute Gasteiger partial charge is 0.355 e. The van der Waals surface area contributed by atoms with Crippen molar-refractivity contribution < 1.29 is 4.79 Å². The molecular formula is C11H22N2OS. The van der Waals surface area contributed by atoms with Crippen LogP contribution in [0, 0.1) is 5.92 Å². The van der Waals surface area contributed by atoms with Gasteiger partial charge in [-0.3, -0.25) is 4.79 Å². The lowest BCUT2D eigenvalue weighted by Gasteiger charge is -2.22. The molecular weight excluding hydrogens is 208 g/mol. The molecule has 1 aliphatic heterocycles. The maximum absolute atomic E-state index is 11.5. The van der Waals surface area contributed by atoms with Crippen molar-refractivity contribution in [3.8, 4) is 0 Å². The Morgan fingerprint density at radius 2 is 2.47 bits per heavy atom. The van der Waals surface area contributed by atoms with E-state index in [9.17, 15) is 4.79 Å². The van der Waals surface area contributed by atoms with Crippen molar-refractivity contribution in [2.24, 2.45) is 5.92 Å². The van der Waals surface area contributed by atoms with Crippen LogP contribution in [0.1, 0.15) is 26.2 Å². The molecule has 1 saturated heterocycles. The minimum atomic E-state index is 0.0782. The zero-order valence-electron chi connectivity index (χ0n) is 9.71. The lowest BCUT2D eigenvalue weighted by Crippen LogP contribution is -2.35. The third-order valence-electron chi connectivity index (χ3n) is 2.97. The van der Waals surface area contributed by atoms with Gasteiger partial charge in [0.15, 0.2) is 0 Å². The Bertz CT molecular complexity index is 193. The minimum Gasteiger partial charge on any atom is -0.355 e. The second-order valence-corrected chi connectivity index (χ2v) is 5.35. The van der Waals surface area contributed by atoms with Crippen LogP contribution >= 0.6 is 11.8 Å². The molecule has 2 unspecified atom stereocenters. The fourth-order valence-electron chi connectivity index (χ4n) is 1.82. The Morgan fingerprint density at radius 1 is 1.67 bits per heavy atom. The number of nitrogens with one attached hydrogen (secondary N) is 2. The van der Waals surface area contributed by atoms with Crippen LogP contribution in [-0.2, 0) is 4.79 Å². The molecule has 1 amide bonds. The fourth-order valence-corrected chi connectivity index (χ4v) is 2.12. The zero-order valence-corrected chi connectivity index (χ0v) is 10.5. The number of piperidine rings is 1. The van der Waals surface area contributed by atoms with E-state index in [0.29, 0.717) is 0 Å². The van der Waals surface area contributed by atoms with E-state index in [0.717, 1.165) is 32.0 Å². The van der Waals surface area contributed by atoms with Crippen molar-refractivity contribution in [2.75, 3.05) is 25.9 Å². The summed E-state index contributed by atoms with van der Waals surface area (Å²) in [5.74, 6) is 0.926. The van der Waals surface area contributed by atoms with E-state index >= 15 is 0 Å². The maximum atomic E-state index is 11.5. The van der Waals surface area contributed by atoms with Gasteiger partial charge in [0.25, 0.3) is 0 Å². The molecule has 2 N–H and O–H groups in total. The van der Waals surface area contributed by atoms with Crippen LogP contribution in [0.3, 0.4) is 0 Å². The van der Waals surface area contributed by atoms with Crippen molar-refractivity contribution in [1.82, 2.24) is 10.6 Å². The SMILES string of the molecule is CSC(C)C(=O)NCCC1CCCNC1. The monoisotopic (exact) mass is 230 g/mol. The lowest BCUT2D eigenvalue weighted by atomic mass is 9.96. The zero-order chi connectivity index (χ0) is 11.1. The summed E-state index contributed by atoms with van der Waals surface area (Å²) < 4.78 is 0. The van der Waals surface area contributed by atoms with Crippen molar-refractivity contribution in [3.05, 3.63) is 0 Å². The summed E-state index contributed by atoms with van der Waals surface area (Å²) >= 11 is 1.59. The predicted molar refractivity (Wildman–Crippen MR) is 66.2 cm³/mol. The molecule has 0 radical (unpaired) electrons. The molecule has 1 fully saturated rings. The molecule has 1 rings (SSSR count). The van der Waals surface area contributed by atoms with Crippen molar-refractivity contribution in [1.29, 1.82) is 0 Å². The van der Waals surface area contributed by atoms with Crippen LogP contribution in [0.15, 0.2) is 0 Å². The Kier molecular flexibility index (Phi) is 6.10. The highest BCUT2D eigenvalue weighted by Crippen LogP contribution is 2.13. The first kappa shape index (κ1) is 12.8. The van der Waals surface area contributed by atoms with Crippen LogP contribution < -0.4 is 10.6 Å². The standard InChI is InChI=1S/C11H22N2OS/c1-9(15-2)11(14)13-7-5-10-4-3-6-12-8-10/h9-10,12H,3-8H2,1-2H3,(H,13,14). The first-order chi connectivity index (χ1) is 7.24. The summed E-state index contributed by atoms with van der Waals surface area (Å²) in [6.07, 6.45) is 5.66. The number of rotatable bonds is 5. The minimum absolute atomic E-state index is 0.0782. The maximum Gasteiger partial charge on any atom is 0.232 e. The third kappa shape index (κ3) is 4.89. The normalized spacial score (nSPS) is 23.5. The van der Waals surface area contributed by atoms with Crippen LogP contribution in [0.5, 0.6) is 0 Å². The summed E-state index contributed by atoms with van der Waals surface area (Å²) in [5.41, 5.74) is 0. The van der Waals surface area contributed by atoms with Gasteiger partial charge in [0.05, 0.1) is 5.25 Å². The molecule has 1 aliphatic rings. The molecule has 15 heavy (non-hydrogen) atoms. The molecule has 4 heteroatoms. The molecule has 2 atom stereocenters. The average molecular weight is 230 g/mol. The van der Waals surface area contributed by atoms with Gasteiger partial charge in [-0.15, -0.1) is 0 Å². The number of thioether (sulfide) groups is 1.